The van der Waals surface area contributed by atoms with Crippen LogP contribution >= 0.6 is 0 Å². The molecule has 1 aliphatic rings. The fourth-order valence-electron chi connectivity index (χ4n) is 2.62. The van der Waals surface area contributed by atoms with Gasteiger partial charge in [0, 0.05) is 12.2 Å². The normalized spacial score (nSPS) is 23.1. The second kappa shape index (κ2) is 4.26. The molecule has 2 rings (SSSR count). The smallest absolute Gasteiger partial charge is 0.311 e. The van der Waals surface area contributed by atoms with Crippen molar-refractivity contribution in [1.29, 1.82) is 0 Å². The molecule has 0 aromatic heterocycles. The third-order valence-corrected chi connectivity index (χ3v) is 3.64. The summed E-state index contributed by atoms with van der Waals surface area (Å²) in [6.07, 6.45) is 0. The van der Waals surface area contributed by atoms with Crippen LogP contribution in [0.3, 0.4) is 0 Å². The number of nitrogens with one attached hydrogen (secondary N) is 1. The molecule has 98 valence electrons. The molecule has 3 nitrogen and oxygen atoms in total. The molecule has 0 saturated heterocycles. The van der Waals surface area contributed by atoms with Gasteiger partial charge in [0.1, 0.15) is 5.82 Å². The van der Waals surface area contributed by atoms with E-state index in [0.717, 1.165) is 5.69 Å². The van der Waals surface area contributed by atoms with Crippen LogP contribution < -0.4 is 5.32 Å². The van der Waals surface area contributed by atoms with Gasteiger partial charge in [0.05, 0.1) is 5.92 Å². The van der Waals surface area contributed by atoms with Crippen molar-refractivity contribution in [3.8, 4) is 0 Å². The molecule has 0 radical (unpaired) electrons. The Balaban J connectivity index is 2.51. The fraction of sp³-hybridized carbons (Fsp3) is 0.500. The van der Waals surface area contributed by atoms with Crippen molar-refractivity contribution in [2.45, 2.75) is 26.7 Å². The van der Waals surface area contributed by atoms with Crippen molar-refractivity contribution in [1.82, 2.24) is 0 Å². The minimum Gasteiger partial charge on any atom is -0.481 e. The lowest BCUT2D eigenvalue weighted by molar-refractivity contribution is -0.141. The number of carboxylic acids is 1. The van der Waals surface area contributed by atoms with Crippen molar-refractivity contribution in [3.05, 3.63) is 29.6 Å². The van der Waals surface area contributed by atoms with Gasteiger partial charge in [0.25, 0.3) is 0 Å². The van der Waals surface area contributed by atoms with E-state index in [9.17, 15) is 14.3 Å². The van der Waals surface area contributed by atoms with Gasteiger partial charge < -0.3 is 10.4 Å². The van der Waals surface area contributed by atoms with Crippen molar-refractivity contribution in [2.24, 2.45) is 11.3 Å². The van der Waals surface area contributed by atoms with Crippen LogP contribution in [0.5, 0.6) is 0 Å². The maximum absolute atomic E-state index is 13.3. The van der Waals surface area contributed by atoms with E-state index in [1.807, 2.05) is 20.8 Å². The van der Waals surface area contributed by atoms with Crippen LogP contribution in [0.15, 0.2) is 18.2 Å². The highest BCUT2D eigenvalue weighted by Crippen LogP contribution is 2.43. The molecular weight excluding hydrogens is 233 g/mol. The summed E-state index contributed by atoms with van der Waals surface area (Å²) in [5.74, 6) is -2.00. The van der Waals surface area contributed by atoms with E-state index in [-0.39, 0.29) is 11.3 Å². The Bertz CT molecular complexity index is 479. The number of rotatable bonds is 1. The molecule has 1 aromatic carbocycles. The highest BCUT2D eigenvalue weighted by Gasteiger charge is 2.41. The summed E-state index contributed by atoms with van der Waals surface area (Å²) >= 11 is 0. The molecule has 1 aliphatic heterocycles. The van der Waals surface area contributed by atoms with Crippen molar-refractivity contribution in [3.63, 3.8) is 0 Å². The van der Waals surface area contributed by atoms with Gasteiger partial charge in [-0.2, -0.15) is 0 Å². The summed E-state index contributed by atoms with van der Waals surface area (Å²) in [4.78, 5) is 11.5. The number of aliphatic carboxylic acids is 1. The molecule has 4 heteroatoms. The molecule has 2 unspecified atom stereocenters. The molecule has 1 heterocycles. The Morgan fingerprint density at radius 3 is 2.67 bits per heavy atom. The predicted molar refractivity (Wildman–Crippen MR) is 68.2 cm³/mol. The van der Waals surface area contributed by atoms with Crippen molar-refractivity contribution < 1.29 is 14.3 Å². The van der Waals surface area contributed by atoms with Crippen LogP contribution in [0, 0.1) is 17.2 Å². The van der Waals surface area contributed by atoms with E-state index in [1.165, 1.54) is 12.1 Å². The molecule has 0 spiro atoms. The largest absolute Gasteiger partial charge is 0.481 e. The Morgan fingerprint density at radius 1 is 1.44 bits per heavy atom. The monoisotopic (exact) mass is 251 g/mol. The van der Waals surface area contributed by atoms with Gasteiger partial charge >= 0.3 is 5.97 Å². The summed E-state index contributed by atoms with van der Waals surface area (Å²) in [5.41, 5.74) is 1.12. The van der Waals surface area contributed by atoms with Crippen LogP contribution in [0.25, 0.3) is 0 Å². The number of carbonyl (C=O) groups is 1. The zero-order valence-corrected chi connectivity index (χ0v) is 10.8. The molecule has 0 saturated carbocycles. The second-order valence-corrected chi connectivity index (χ2v) is 5.90. The number of halogens is 1. The number of carboxylic acid groups (broad SMARTS) is 1. The molecule has 0 aliphatic carbocycles. The minimum absolute atomic E-state index is 0.0655. The average Bonchev–Trinajstić information content (AvgIpc) is 2.25. The van der Waals surface area contributed by atoms with Crippen LogP contribution in [-0.4, -0.2) is 17.6 Å². The highest BCUT2D eigenvalue weighted by molar-refractivity contribution is 5.80. The summed E-state index contributed by atoms with van der Waals surface area (Å²) in [6.45, 7) is 6.64. The summed E-state index contributed by atoms with van der Waals surface area (Å²) < 4.78 is 13.3. The first-order valence-electron chi connectivity index (χ1n) is 6.07. The third kappa shape index (κ3) is 2.19. The van der Waals surface area contributed by atoms with Crippen LogP contribution in [0.4, 0.5) is 10.1 Å². The van der Waals surface area contributed by atoms with Gasteiger partial charge in [-0.3, -0.25) is 4.79 Å². The summed E-state index contributed by atoms with van der Waals surface area (Å²) in [7, 11) is 0. The molecule has 18 heavy (non-hydrogen) atoms. The lowest BCUT2D eigenvalue weighted by atomic mass is 9.69. The third-order valence-electron chi connectivity index (χ3n) is 3.64. The van der Waals surface area contributed by atoms with Gasteiger partial charge in [0.2, 0.25) is 0 Å². The van der Waals surface area contributed by atoms with Crippen molar-refractivity contribution in [2.75, 3.05) is 11.9 Å². The standard InChI is InChI=1S/C14H18FNO2/c1-14(2,3)10-7-16-11-5-4-8(15)6-9(11)12(10)13(17)18/h4-6,10,12,16H,7H2,1-3H3,(H,17,18). The number of hydrogen-bond donors (Lipinski definition) is 2. The van der Waals surface area contributed by atoms with Gasteiger partial charge in [-0.15, -0.1) is 0 Å². The molecule has 0 fully saturated rings. The van der Waals surface area contributed by atoms with E-state index in [1.54, 1.807) is 6.07 Å². The Hall–Kier alpha value is -1.58. The summed E-state index contributed by atoms with van der Waals surface area (Å²) in [6, 6.07) is 4.29. The van der Waals surface area contributed by atoms with Gasteiger partial charge in [-0.25, -0.2) is 4.39 Å². The zero-order valence-electron chi connectivity index (χ0n) is 10.8. The SMILES string of the molecule is CC(C)(C)C1CNc2ccc(F)cc2C1C(=O)O. The Kier molecular flexibility index (Phi) is 3.05. The van der Waals surface area contributed by atoms with Gasteiger partial charge in [-0.1, -0.05) is 20.8 Å². The topological polar surface area (TPSA) is 49.3 Å². The quantitative estimate of drug-likeness (QED) is 0.806. The van der Waals surface area contributed by atoms with Crippen molar-refractivity contribution >= 4 is 11.7 Å². The Labute approximate surface area is 106 Å². The van der Waals surface area contributed by atoms with Crippen LogP contribution in [-0.2, 0) is 4.79 Å². The highest BCUT2D eigenvalue weighted by atomic mass is 19.1. The van der Waals surface area contributed by atoms with Gasteiger partial charge in [-0.05, 0) is 35.1 Å². The fourth-order valence-corrected chi connectivity index (χ4v) is 2.62. The minimum atomic E-state index is -0.886. The molecule has 0 bridgehead atoms. The maximum Gasteiger partial charge on any atom is 0.311 e. The van der Waals surface area contributed by atoms with E-state index in [0.29, 0.717) is 12.1 Å². The number of fused-ring (bicyclic) bond motifs is 1. The van der Waals surface area contributed by atoms with E-state index < -0.39 is 17.7 Å². The second-order valence-electron chi connectivity index (χ2n) is 5.90. The van der Waals surface area contributed by atoms with E-state index >= 15 is 0 Å². The summed E-state index contributed by atoms with van der Waals surface area (Å²) in [5, 5.41) is 12.7. The molecule has 1 aromatic rings. The first-order valence-corrected chi connectivity index (χ1v) is 6.07. The number of benzene rings is 1. The van der Waals surface area contributed by atoms with E-state index in [4.69, 9.17) is 0 Å². The van der Waals surface area contributed by atoms with Crippen LogP contribution in [0.2, 0.25) is 0 Å². The number of hydrogen-bond acceptors (Lipinski definition) is 2. The molecular formula is C14H18FNO2. The molecule has 0 amide bonds. The van der Waals surface area contributed by atoms with Gasteiger partial charge in [0.15, 0.2) is 0 Å². The lowest BCUT2D eigenvalue weighted by Gasteiger charge is -2.40. The molecule has 2 atom stereocenters. The van der Waals surface area contributed by atoms with E-state index in [2.05, 4.69) is 5.32 Å². The maximum atomic E-state index is 13.3. The van der Waals surface area contributed by atoms with Crippen LogP contribution in [0.1, 0.15) is 32.3 Å². The number of anilines is 1. The lowest BCUT2D eigenvalue weighted by Crippen LogP contribution is -2.40. The first kappa shape index (κ1) is 12.9. The molecule has 2 N–H and O–H groups in total. The predicted octanol–water partition coefficient (Wildman–Crippen LogP) is 3.08. The first-order chi connectivity index (χ1) is 8.30. The Morgan fingerprint density at radius 2 is 2.11 bits per heavy atom. The average molecular weight is 251 g/mol. The zero-order chi connectivity index (χ0) is 13.5.